The van der Waals surface area contributed by atoms with Crippen LogP contribution < -0.4 is 5.32 Å². The fraction of sp³-hybridized carbons (Fsp3) is 0.0455. The number of hydrogen-bond donors (Lipinski definition) is 1. The van der Waals surface area contributed by atoms with Crippen molar-refractivity contribution in [2.75, 3.05) is 5.32 Å². The maximum atomic E-state index is 13.1. The molecule has 1 aromatic heterocycles. The molecule has 0 radical (unpaired) electrons. The Hall–Kier alpha value is -3.40. The molecule has 0 saturated carbocycles. The number of nitrogens with zero attached hydrogens (tertiary/aromatic N) is 1. The lowest BCUT2D eigenvalue weighted by atomic mass is 10.1. The van der Waals surface area contributed by atoms with E-state index in [9.17, 15) is 9.18 Å². The predicted octanol–water partition coefficient (Wildman–Crippen LogP) is 5.08. The molecule has 0 saturated heterocycles. The molecule has 4 rings (SSSR count). The summed E-state index contributed by atoms with van der Waals surface area (Å²) in [5, 5.41) is 5.08. The number of anilines is 1. The number of hydrogen-bond acceptors (Lipinski definition) is 1. The Balaban J connectivity index is 1.59. The van der Waals surface area contributed by atoms with E-state index in [1.54, 1.807) is 18.2 Å². The highest BCUT2D eigenvalue weighted by molar-refractivity contribution is 6.08. The molecule has 0 aliphatic rings. The van der Waals surface area contributed by atoms with Crippen LogP contribution in [-0.2, 0) is 6.54 Å². The van der Waals surface area contributed by atoms with Gasteiger partial charge in [0.25, 0.3) is 5.91 Å². The van der Waals surface area contributed by atoms with Gasteiger partial charge in [0.15, 0.2) is 0 Å². The molecular weight excluding hydrogens is 327 g/mol. The van der Waals surface area contributed by atoms with Crippen LogP contribution in [0.15, 0.2) is 85.1 Å². The van der Waals surface area contributed by atoms with Gasteiger partial charge in [0.05, 0.1) is 0 Å². The first kappa shape index (κ1) is 16.1. The summed E-state index contributed by atoms with van der Waals surface area (Å²) in [7, 11) is 0. The van der Waals surface area contributed by atoms with Crippen molar-refractivity contribution in [1.29, 1.82) is 0 Å². The second-order valence-corrected chi connectivity index (χ2v) is 6.13. The standard InChI is InChI=1S/C22H17FN2O/c23-18-12-10-16(11-13-18)15-25-14-4-9-21(25)22(26)24-20-8-3-6-17-5-1-2-7-19(17)20/h1-14H,15H2,(H,24,26). The summed E-state index contributed by atoms with van der Waals surface area (Å²) in [4.78, 5) is 12.8. The number of benzene rings is 3. The van der Waals surface area contributed by atoms with E-state index in [4.69, 9.17) is 0 Å². The van der Waals surface area contributed by atoms with E-state index >= 15 is 0 Å². The molecule has 0 spiro atoms. The third kappa shape index (κ3) is 3.22. The monoisotopic (exact) mass is 344 g/mol. The van der Waals surface area contributed by atoms with Crippen LogP contribution in [0.2, 0.25) is 0 Å². The zero-order chi connectivity index (χ0) is 17.9. The van der Waals surface area contributed by atoms with Gasteiger partial charge in [0, 0.05) is 23.8 Å². The minimum atomic E-state index is -0.268. The quantitative estimate of drug-likeness (QED) is 0.550. The van der Waals surface area contributed by atoms with Gasteiger partial charge >= 0.3 is 0 Å². The average Bonchev–Trinajstić information content (AvgIpc) is 3.12. The minimum Gasteiger partial charge on any atom is -0.339 e. The molecule has 128 valence electrons. The maximum absolute atomic E-state index is 13.1. The molecular formula is C22H17FN2O. The Bertz CT molecular complexity index is 1060. The van der Waals surface area contributed by atoms with E-state index in [0.29, 0.717) is 12.2 Å². The van der Waals surface area contributed by atoms with Gasteiger partial charge in [-0.25, -0.2) is 4.39 Å². The Morgan fingerprint density at radius 2 is 1.65 bits per heavy atom. The Morgan fingerprint density at radius 1 is 0.885 bits per heavy atom. The Morgan fingerprint density at radius 3 is 2.50 bits per heavy atom. The number of rotatable bonds is 4. The van der Waals surface area contributed by atoms with Crippen molar-refractivity contribution >= 4 is 22.4 Å². The lowest BCUT2D eigenvalue weighted by Gasteiger charge is -2.12. The van der Waals surface area contributed by atoms with E-state index in [0.717, 1.165) is 22.0 Å². The van der Waals surface area contributed by atoms with Crippen LogP contribution in [0.1, 0.15) is 16.1 Å². The van der Waals surface area contributed by atoms with Crippen LogP contribution in [-0.4, -0.2) is 10.5 Å². The smallest absolute Gasteiger partial charge is 0.272 e. The molecule has 1 N–H and O–H groups in total. The third-order valence-corrected chi connectivity index (χ3v) is 4.37. The topological polar surface area (TPSA) is 34.0 Å². The molecule has 0 unspecified atom stereocenters. The van der Waals surface area contributed by atoms with Crippen LogP contribution in [0, 0.1) is 5.82 Å². The van der Waals surface area contributed by atoms with Crippen LogP contribution in [0.3, 0.4) is 0 Å². The number of halogens is 1. The molecule has 4 heteroatoms. The summed E-state index contributed by atoms with van der Waals surface area (Å²) in [5.41, 5.74) is 2.27. The molecule has 26 heavy (non-hydrogen) atoms. The average molecular weight is 344 g/mol. The van der Waals surface area contributed by atoms with Crippen molar-refractivity contribution in [3.8, 4) is 0 Å². The molecule has 0 fully saturated rings. The fourth-order valence-electron chi connectivity index (χ4n) is 3.07. The number of aromatic nitrogens is 1. The second-order valence-electron chi connectivity index (χ2n) is 6.13. The van der Waals surface area contributed by atoms with Crippen molar-refractivity contribution < 1.29 is 9.18 Å². The molecule has 3 aromatic carbocycles. The van der Waals surface area contributed by atoms with Crippen LogP contribution in [0.4, 0.5) is 10.1 Å². The number of carbonyl (C=O) groups is 1. The van der Waals surface area contributed by atoms with Gasteiger partial charge in [0.2, 0.25) is 0 Å². The van der Waals surface area contributed by atoms with Crippen LogP contribution in [0.25, 0.3) is 10.8 Å². The van der Waals surface area contributed by atoms with Crippen molar-refractivity contribution in [2.24, 2.45) is 0 Å². The van der Waals surface area contributed by atoms with Crippen molar-refractivity contribution in [2.45, 2.75) is 6.54 Å². The lowest BCUT2D eigenvalue weighted by Crippen LogP contribution is -2.17. The van der Waals surface area contributed by atoms with Gasteiger partial charge in [0.1, 0.15) is 11.5 Å². The molecule has 3 nitrogen and oxygen atoms in total. The Kier molecular flexibility index (Phi) is 4.23. The van der Waals surface area contributed by atoms with Crippen molar-refractivity contribution in [3.63, 3.8) is 0 Å². The molecule has 0 aliphatic heterocycles. The summed E-state index contributed by atoms with van der Waals surface area (Å²) in [6, 6.07) is 23.7. The first-order valence-electron chi connectivity index (χ1n) is 8.39. The fourth-order valence-corrected chi connectivity index (χ4v) is 3.07. The normalized spacial score (nSPS) is 10.8. The van der Waals surface area contributed by atoms with Gasteiger partial charge in [-0.05, 0) is 41.3 Å². The zero-order valence-electron chi connectivity index (χ0n) is 14.0. The van der Waals surface area contributed by atoms with Gasteiger partial charge in [-0.15, -0.1) is 0 Å². The van der Waals surface area contributed by atoms with Gasteiger partial charge in [-0.2, -0.15) is 0 Å². The summed E-state index contributed by atoms with van der Waals surface area (Å²) in [5.74, 6) is -0.441. The van der Waals surface area contributed by atoms with E-state index in [-0.39, 0.29) is 11.7 Å². The first-order chi connectivity index (χ1) is 12.7. The highest BCUT2D eigenvalue weighted by Gasteiger charge is 2.12. The highest BCUT2D eigenvalue weighted by Crippen LogP contribution is 2.23. The maximum Gasteiger partial charge on any atom is 0.272 e. The number of carbonyl (C=O) groups excluding carboxylic acids is 1. The van der Waals surface area contributed by atoms with E-state index in [1.807, 2.05) is 59.3 Å². The number of fused-ring (bicyclic) bond motifs is 1. The summed E-state index contributed by atoms with van der Waals surface area (Å²) in [6.07, 6.45) is 1.85. The number of amides is 1. The molecule has 1 heterocycles. The Labute approximate surface area is 150 Å². The zero-order valence-corrected chi connectivity index (χ0v) is 14.0. The SMILES string of the molecule is O=C(Nc1cccc2ccccc12)c1cccn1Cc1ccc(F)cc1. The van der Waals surface area contributed by atoms with Crippen LogP contribution >= 0.6 is 0 Å². The highest BCUT2D eigenvalue weighted by atomic mass is 19.1. The summed E-state index contributed by atoms with van der Waals surface area (Å²) in [6.45, 7) is 0.506. The van der Waals surface area contributed by atoms with E-state index in [1.165, 1.54) is 12.1 Å². The summed E-state index contributed by atoms with van der Waals surface area (Å²) < 4.78 is 14.9. The van der Waals surface area contributed by atoms with Crippen LogP contribution in [0.5, 0.6) is 0 Å². The first-order valence-corrected chi connectivity index (χ1v) is 8.39. The number of nitrogens with one attached hydrogen (secondary N) is 1. The second kappa shape index (κ2) is 6.84. The molecule has 0 bridgehead atoms. The van der Waals surface area contributed by atoms with Gasteiger partial charge in [-0.3, -0.25) is 4.79 Å². The predicted molar refractivity (Wildman–Crippen MR) is 102 cm³/mol. The van der Waals surface area contributed by atoms with Crippen molar-refractivity contribution in [1.82, 2.24) is 4.57 Å². The lowest BCUT2D eigenvalue weighted by molar-refractivity contribution is 0.101. The minimum absolute atomic E-state index is 0.173. The third-order valence-electron chi connectivity index (χ3n) is 4.37. The van der Waals surface area contributed by atoms with Crippen molar-refractivity contribution in [3.05, 3.63) is 102 Å². The molecule has 1 amide bonds. The molecule has 0 aliphatic carbocycles. The largest absolute Gasteiger partial charge is 0.339 e. The van der Waals surface area contributed by atoms with E-state index < -0.39 is 0 Å². The van der Waals surface area contributed by atoms with Gasteiger partial charge < -0.3 is 9.88 Å². The summed E-state index contributed by atoms with van der Waals surface area (Å²) >= 11 is 0. The van der Waals surface area contributed by atoms with Gasteiger partial charge in [-0.1, -0.05) is 48.5 Å². The molecule has 4 aromatic rings. The van der Waals surface area contributed by atoms with E-state index in [2.05, 4.69) is 5.32 Å². The molecule has 0 atom stereocenters.